The molecule has 0 radical (unpaired) electrons. The van der Waals surface area contributed by atoms with Crippen molar-refractivity contribution in [2.45, 2.75) is 50.7 Å². The van der Waals surface area contributed by atoms with Gasteiger partial charge in [0.15, 0.2) is 10.8 Å². The van der Waals surface area contributed by atoms with E-state index in [9.17, 15) is 14.0 Å². The first-order valence-corrected chi connectivity index (χ1v) is 12.3. The molecule has 10 heteroatoms. The molecule has 1 N–H and O–H groups in total. The van der Waals surface area contributed by atoms with E-state index in [0.717, 1.165) is 32.1 Å². The van der Waals surface area contributed by atoms with Gasteiger partial charge in [0, 0.05) is 11.7 Å². The molecule has 1 saturated carbocycles. The maximum atomic E-state index is 14.3. The first-order valence-electron chi connectivity index (χ1n) is 11.6. The van der Waals surface area contributed by atoms with Crippen LogP contribution in [0.25, 0.3) is 4.85 Å². The van der Waals surface area contributed by atoms with Crippen LogP contribution in [0.1, 0.15) is 43.7 Å². The molecular formula is C26H24Cl2FN5O2. The number of benzene rings is 2. The number of nitrogens with zero attached hydrogens (tertiary/aromatic N) is 4. The third-order valence-electron chi connectivity index (χ3n) is 6.20. The van der Waals surface area contributed by atoms with E-state index < -0.39 is 23.7 Å². The van der Waals surface area contributed by atoms with Gasteiger partial charge in [0.25, 0.3) is 0 Å². The van der Waals surface area contributed by atoms with Crippen molar-refractivity contribution in [2.24, 2.45) is 0 Å². The molecule has 1 unspecified atom stereocenters. The number of rotatable bonds is 7. The molecule has 4 rings (SSSR count). The summed E-state index contributed by atoms with van der Waals surface area (Å²) in [4.78, 5) is 36.3. The van der Waals surface area contributed by atoms with Crippen molar-refractivity contribution in [3.8, 4) is 0 Å². The van der Waals surface area contributed by atoms with Gasteiger partial charge in [-0.05, 0) is 36.6 Å². The van der Waals surface area contributed by atoms with Crippen molar-refractivity contribution < 1.29 is 14.0 Å². The number of hydrogen-bond donors (Lipinski definition) is 1. The van der Waals surface area contributed by atoms with Gasteiger partial charge >= 0.3 is 0 Å². The molecule has 0 saturated heterocycles. The molecule has 1 aliphatic carbocycles. The summed E-state index contributed by atoms with van der Waals surface area (Å²) < 4.78 is 15.7. The minimum atomic E-state index is -1.22. The highest BCUT2D eigenvalue weighted by Gasteiger charge is 2.35. The lowest BCUT2D eigenvalue weighted by Gasteiger charge is -2.34. The standard InChI is InChI=1S/C26H24Cl2FN5O2/c1-30-21-13-6-5-12-20(21)23(26(36)32-18-9-3-2-4-10-18)34(19-11-7-8-17(29)14-19)22(35)15-33-16-31-24(27)25(33)28/h5-8,11-14,16,18,23H,2-4,9-10,15H2,(H,32,36). The number of para-hydroxylation sites is 1. The molecule has 0 spiro atoms. The fraction of sp³-hybridized carbons (Fsp3) is 0.308. The van der Waals surface area contributed by atoms with Crippen LogP contribution in [0.3, 0.4) is 0 Å². The van der Waals surface area contributed by atoms with Crippen LogP contribution in [0.5, 0.6) is 0 Å². The molecule has 2 amide bonds. The Morgan fingerprint density at radius 3 is 2.58 bits per heavy atom. The summed E-state index contributed by atoms with van der Waals surface area (Å²) >= 11 is 12.1. The Balaban J connectivity index is 1.81. The van der Waals surface area contributed by atoms with Crippen molar-refractivity contribution in [3.63, 3.8) is 0 Å². The molecule has 1 heterocycles. The van der Waals surface area contributed by atoms with Crippen molar-refractivity contribution in [2.75, 3.05) is 4.90 Å². The summed E-state index contributed by atoms with van der Waals surface area (Å²) in [6.07, 6.45) is 6.09. The highest BCUT2D eigenvalue weighted by molar-refractivity contribution is 6.40. The number of anilines is 1. The van der Waals surface area contributed by atoms with Crippen LogP contribution in [0, 0.1) is 12.4 Å². The Hall–Kier alpha value is -3.41. The quantitative estimate of drug-likeness (QED) is 0.377. The maximum Gasteiger partial charge on any atom is 0.247 e. The van der Waals surface area contributed by atoms with Crippen LogP contribution >= 0.6 is 23.2 Å². The van der Waals surface area contributed by atoms with Crippen LogP contribution in [-0.2, 0) is 16.1 Å². The van der Waals surface area contributed by atoms with Crippen molar-refractivity contribution >= 4 is 46.4 Å². The average Bonchev–Trinajstić information content (AvgIpc) is 3.19. The Labute approximate surface area is 218 Å². The van der Waals surface area contributed by atoms with Gasteiger partial charge < -0.3 is 9.88 Å². The lowest BCUT2D eigenvalue weighted by atomic mass is 9.94. The van der Waals surface area contributed by atoms with Crippen molar-refractivity contribution in [1.29, 1.82) is 0 Å². The Morgan fingerprint density at radius 2 is 1.92 bits per heavy atom. The summed E-state index contributed by atoms with van der Waals surface area (Å²) in [5.41, 5.74) is 0.735. The van der Waals surface area contributed by atoms with Gasteiger partial charge in [-0.15, -0.1) is 0 Å². The number of carbonyl (C=O) groups excluding carboxylic acids is 2. The Kier molecular flexibility index (Phi) is 8.24. The summed E-state index contributed by atoms with van der Waals surface area (Å²) in [7, 11) is 0. The molecule has 1 aliphatic rings. The summed E-state index contributed by atoms with van der Waals surface area (Å²) in [5, 5.41) is 3.17. The summed E-state index contributed by atoms with van der Waals surface area (Å²) in [6.45, 7) is 7.35. The van der Waals surface area contributed by atoms with Gasteiger partial charge in [0.1, 0.15) is 23.6 Å². The van der Waals surface area contributed by atoms with Gasteiger partial charge in [-0.1, -0.05) is 72.8 Å². The largest absolute Gasteiger partial charge is 0.351 e. The van der Waals surface area contributed by atoms with Crippen LogP contribution < -0.4 is 10.2 Å². The molecule has 3 aromatic rings. The fourth-order valence-electron chi connectivity index (χ4n) is 4.48. The van der Waals surface area contributed by atoms with Crippen LogP contribution in [0.4, 0.5) is 15.8 Å². The molecule has 1 fully saturated rings. The van der Waals surface area contributed by atoms with Crippen molar-refractivity contribution in [1.82, 2.24) is 14.9 Å². The number of imidazole rings is 1. The monoisotopic (exact) mass is 527 g/mol. The average molecular weight is 528 g/mol. The van der Waals surface area contributed by atoms with E-state index in [2.05, 4.69) is 15.1 Å². The Bertz CT molecular complexity index is 1300. The lowest BCUT2D eigenvalue weighted by molar-refractivity contribution is -0.127. The fourth-order valence-corrected chi connectivity index (χ4v) is 4.79. The lowest BCUT2D eigenvalue weighted by Crippen LogP contribution is -2.48. The van der Waals surface area contributed by atoms with Crippen LogP contribution in [0.15, 0.2) is 54.9 Å². The van der Waals surface area contributed by atoms with E-state index in [4.69, 9.17) is 29.8 Å². The highest BCUT2D eigenvalue weighted by atomic mass is 35.5. The van der Waals surface area contributed by atoms with E-state index in [0.29, 0.717) is 5.56 Å². The minimum absolute atomic E-state index is 0.0340. The van der Waals surface area contributed by atoms with Gasteiger partial charge in [0.05, 0.1) is 12.9 Å². The van der Waals surface area contributed by atoms with E-state index in [1.54, 1.807) is 30.3 Å². The second kappa shape index (κ2) is 11.5. The second-order valence-corrected chi connectivity index (χ2v) is 9.33. The number of amides is 2. The van der Waals surface area contributed by atoms with Gasteiger partial charge in [-0.25, -0.2) is 14.2 Å². The smallest absolute Gasteiger partial charge is 0.247 e. The van der Waals surface area contributed by atoms with Gasteiger partial charge in [-0.2, -0.15) is 0 Å². The zero-order valence-electron chi connectivity index (χ0n) is 19.3. The summed E-state index contributed by atoms with van der Waals surface area (Å²) in [6, 6.07) is 10.8. The van der Waals surface area contributed by atoms with Crippen molar-refractivity contribution in [3.05, 3.63) is 88.0 Å². The third-order valence-corrected chi connectivity index (χ3v) is 6.97. The molecule has 0 aliphatic heterocycles. The number of nitrogens with one attached hydrogen (secondary N) is 1. The molecule has 7 nitrogen and oxygen atoms in total. The zero-order valence-corrected chi connectivity index (χ0v) is 20.8. The topological polar surface area (TPSA) is 71.6 Å². The van der Waals surface area contributed by atoms with E-state index in [1.165, 1.54) is 34.0 Å². The normalized spacial score (nSPS) is 14.6. The minimum Gasteiger partial charge on any atom is -0.351 e. The molecular weight excluding hydrogens is 504 g/mol. The number of carbonyl (C=O) groups is 2. The highest BCUT2D eigenvalue weighted by Crippen LogP contribution is 2.35. The number of aromatic nitrogens is 2. The predicted molar refractivity (Wildman–Crippen MR) is 137 cm³/mol. The van der Waals surface area contributed by atoms with Crippen LogP contribution in [-0.4, -0.2) is 27.4 Å². The number of halogens is 3. The van der Waals surface area contributed by atoms with Gasteiger partial charge in [-0.3, -0.25) is 14.5 Å². The van der Waals surface area contributed by atoms with E-state index >= 15 is 0 Å². The zero-order chi connectivity index (χ0) is 25.7. The summed E-state index contributed by atoms with van der Waals surface area (Å²) in [5.74, 6) is -1.57. The maximum absolute atomic E-state index is 14.3. The van der Waals surface area contributed by atoms with Gasteiger partial charge in [0.2, 0.25) is 11.8 Å². The molecule has 2 aromatic carbocycles. The predicted octanol–water partition coefficient (Wildman–Crippen LogP) is 6.10. The van der Waals surface area contributed by atoms with E-state index in [-0.39, 0.29) is 34.3 Å². The first-order chi connectivity index (χ1) is 17.4. The second-order valence-electron chi connectivity index (χ2n) is 8.61. The molecule has 0 bridgehead atoms. The molecule has 186 valence electrons. The Morgan fingerprint density at radius 1 is 1.17 bits per heavy atom. The number of hydrogen-bond acceptors (Lipinski definition) is 3. The SMILES string of the molecule is [C-]#[N+]c1ccccc1C(C(=O)NC1CCCCC1)N(C(=O)Cn1cnc(Cl)c1Cl)c1cccc(F)c1. The third kappa shape index (κ3) is 5.69. The van der Waals surface area contributed by atoms with E-state index in [1.807, 2.05) is 0 Å². The first kappa shape index (κ1) is 25.7. The molecule has 1 aromatic heterocycles. The van der Waals surface area contributed by atoms with Crippen LogP contribution in [0.2, 0.25) is 10.3 Å². The molecule has 36 heavy (non-hydrogen) atoms. The molecule has 1 atom stereocenters.